The Morgan fingerprint density at radius 2 is 2.00 bits per heavy atom. The van der Waals surface area contributed by atoms with Gasteiger partial charge in [-0.1, -0.05) is 18.2 Å². The maximum atomic E-state index is 12.8. The van der Waals surface area contributed by atoms with Gasteiger partial charge in [0.1, 0.15) is 5.75 Å². The zero-order chi connectivity index (χ0) is 21.6. The quantitative estimate of drug-likeness (QED) is 0.628. The Labute approximate surface area is 182 Å². The average molecular weight is 418 g/mol. The van der Waals surface area contributed by atoms with Gasteiger partial charge in [0.05, 0.1) is 7.11 Å². The van der Waals surface area contributed by atoms with Crippen LogP contribution >= 0.6 is 0 Å². The maximum Gasteiger partial charge on any atom is 0.227 e. The number of pyridine rings is 1. The number of nitrogens with one attached hydrogen (secondary N) is 1. The Hall–Kier alpha value is -3.48. The molecule has 0 bridgehead atoms. The first-order chi connectivity index (χ1) is 15.1. The molecule has 1 amide bonds. The van der Waals surface area contributed by atoms with Crippen molar-refractivity contribution < 1.29 is 9.53 Å². The van der Waals surface area contributed by atoms with Crippen molar-refractivity contribution in [2.75, 3.05) is 25.5 Å². The number of amides is 1. The first-order valence-corrected chi connectivity index (χ1v) is 10.5. The van der Waals surface area contributed by atoms with E-state index in [4.69, 9.17) is 9.72 Å². The summed E-state index contributed by atoms with van der Waals surface area (Å²) in [6, 6.07) is 13.7. The van der Waals surface area contributed by atoms with Crippen molar-refractivity contribution in [2.24, 2.45) is 0 Å². The van der Waals surface area contributed by atoms with E-state index in [0.717, 1.165) is 41.4 Å². The van der Waals surface area contributed by atoms with Gasteiger partial charge in [-0.3, -0.25) is 9.78 Å². The zero-order valence-electron chi connectivity index (χ0n) is 17.9. The van der Waals surface area contributed by atoms with E-state index >= 15 is 0 Å². The van der Waals surface area contributed by atoms with E-state index in [2.05, 4.69) is 15.3 Å². The van der Waals surface area contributed by atoms with Crippen LogP contribution in [0.25, 0.3) is 0 Å². The molecule has 7 heteroatoms. The molecule has 4 rings (SSSR count). The fraction of sp³-hybridized carbons (Fsp3) is 0.333. The molecule has 1 atom stereocenters. The highest BCUT2D eigenvalue weighted by Gasteiger charge is 2.28. The van der Waals surface area contributed by atoms with E-state index in [1.54, 1.807) is 25.6 Å². The van der Waals surface area contributed by atoms with E-state index in [1.165, 1.54) is 0 Å². The highest BCUT2D eigenvalue weighted by molar-refractivity contribution is 5.77. The number of hydrogen-bond donors (Lipinski definition) is 1. The smallest absolute Gasteiger partial charge is 0.227 e. The van der Waals surface area contributed by atoms with Crippen LogP contribution in [0.3, 0.4) is 0 Å². The number of carbonyl (C=O) groups is 1. The minimum Gasteiger partial charge on any atom is -0.496 e. The van der Waals surface area contributed by atoms with Crippen molar-refractivity contribution in [3.63, 3.8) is 0 Å². The minimum atomic E-state index is 0.178. The highest BCUT2D eigenvalue weighted by Crippen LogP contribution is 2.29. The van der Waals surface area contributed by atoms with Gasteiger partial charge >= 0.3 is 0 Å². The third-order valence-electron chi connectivity index (χ3n) is 5.56. The molecule has 1 aliphatic rings. The second kappa shape index (κ2) is 9.55. The fourth-order valence-corrected chi connectivity index (χ4v) is 4.01. The molecular weight excluding hydrogens is 390 g/mol. The van der Waals surface area contributed by atoms with Crippen molar-refractivity contribution in [2.45, 2.75) is 32.1 Å². The lowest BCUT2D eigenvalue weighted by Crippen LogP contribution is -2.28. The Bertz CT molecular complexity index is 1040. The van der Waals surface area contributed by atoms with Gasteiger partial charge in [0.2, 0.25) is 11.9 Å². The van der Waals surface area contributed by atoms with Crippen LogP contribution in [0.2, 0.25) is 0 Å². The van der Waals surface area contributed by atoms with Crippen molar-refractivity contribution in [3.8, 4) is 5.75 Å². The predicted molar refractivity (Wildman–Crippen MR) is 120 cm³/mol. The number of aryl methyl sites for hydroxylation is 2. The summed E-state index contributed by atoms with van der Waals surface area (Å²) >= 11 is 0. The lowest BCUT2D eigenvalue weighted by molar-refractivity contribution is -0.130. The number of anilines is 2. The largest absolute Gasteiger partial charge is 0.496 e. The Kier molecular flexibility index (Phi) is 6.40. The molecule has 160 valence electrons. The third kappa shape index (κ3) is 5.17. The maximum absolute atomic E-state index is 12.8. The number of carbonyl (C=O) groups excluding carboxylic acids is 1. The Balaban J connectivity index is 1.38. The second-order valence-corrected chi connectivity index (χ2v) is 7.76. The van der Waals surface area contributed by atoms with E-state index < -0.39 is 0 Å². The van der Waals surface area contributed by atoms with Crippen molar-refractivity contribution in [3.05, 3.63) is 71.8 Å². The molecule has 0 aliphatic carbocycles. The summed E-state index contributed by atoms with van der Waals surface area (Å²) in [6.07, 6.45) is 5.48. The standard InChI is InChI=1S/C24H27N5O2/c1-17-14-20(28-24-25-11-5-12-26-24)15-21(27-17)19-10-13-29(16-19)23(30)9-8-18-6-3-4-7-22(18)31-2/h3-7,11-12,14-15,19H,8-10,13,16H2,1-2H3,(H,25,26,27,28). The Morgan fingerprint density at radius 1 is 1.19 bits per heavy atom. The van der Waals surface area contributed by atoms with Gasteiger partial charge in [-0.05, 0) is 49.6 Å². The molecule has 31 heavy (non-hydrogen) atoms. The van der Waals surface area contributed by atoms with Crippen molar-refractivity contribution in [1.29, 1.82) is 0 Å². The van der Waals surface area contributed by atoms with Crippen molar-refractivity contribution in [1.82, 2.24) is 19.9 Å². The van der Waals surface area contributed by atoms with Crippen LogP contribution < -0.4 is 10.1 Å². The number of benzene rings is 1. The monoisotopic (exact) mass is 417 g/mol. The van der Waals surface area contributed by atoms with Crippen LogP contribution in [0.5, 0.6) is 5.75 Å². The summed E-state index contributed by atoms with van der Waals surface area (Å²) in [7, 11) is 1.66. The first-order valence-electron chi connectivity index (χ1n) is 10.5. The minimum absolute atomic E-state index is 0.178. The lowest BCUT2D eigenvalue weighted by Gasteiger charge is -2.17. The molecule has 0 spiro atoms. The zero-order valence-corrected chi connectivity index (χ0v) is 17.9. The number of hydrogen-bond acceptors (Lipinski definition) is 6. The summed E-state index contributed by atoms with van der Waals surface area (Å²) in [4.78, 5) is 27.9. The van der Waals surface area contributed by atoms with Gasteiger partial charge < -0.3 is 15.0 Å². The number of methoxy groups -OCH3 is 1. The number of rotatable bonds is 7. The van der Waals surface area contributed by atoms with Gasteiger partial charge in [0.25, 0.3) is 0 Å². The number of para-hydroxylation sites is 1. The normalized spacial score (nSPS) is 15.7. The molecule has 3 aromatic rings. The molecule has 1 N–H and O–H groups in total. The highest BCUT2D eigenvalue weighted by atomic mass is 16.5. The number of aromatic nitrogens is 3. The molecule has 1 fully saturated rings. The van der Waals surface area contributed by atoms with Crippen LogP contribution in [0.4, 0.5) is 11.6 Å². The SMILES string of the molecule is COc1ccccc1CCC(=O)N1CCC(c2cc(Nc3ncccn3)cc(C)n2)C1. The second-order valence-electron chi connectivity index (χ2n) is 7.76. The van der Waals surface area contributed by atoms with Gasteiger partial charge in [-0.2, -0.15) is 0 Å². The van der Waals surface area contributed by atoms with Crippen LogP contribution in [0, 0.1) is 6.92 Å². The fourth-order valence-electron chi connectivity index (χ4n) is 4.01. The molecule has 1 saturated heterocycles. The molecule has 1 aromatic carbocycles. The summed E-state index contributed by atoms with van der Waals surface area (Å²) in [5.41, 5.74) is 3.90. The van der Waals surface area contributed by atoms with Crippen LogP contribution in [-0.2, 0) is 11.2 Å². The van der Waals surface area contributed by atoms with E-state index in [1.807, 2.05) is 48.2 Å². The third-order valence-corrected chi connectivity index (χ3v) is 5.56. The molecule has 1 unspecified atom stereocenters. The van der Waals surface area contributed by atoms with Gasteiger partial charge in [0.15, 0.2) is 0 Å². The average Bonchev–Trinajstić information content (AvgIpc) is 3.28. The Morgan fingerprint density at radius 3 is 2.81 bits per heavy atom. The molecular formula is C24H27N5O2. The van der Waals surface area contributed by atoms with E-state index in [0.29, 0.717) is 25.3 Å². The number of likely N-dealkylation sites (tertiary alicyclic amines) is 1. The van der Waals surface area contributed by atoms with Gasteiger partial charge in [-0.15, -0.1) is 0 Å². The topological polar surface area (TPSA) is 80.2 Å². The molecule has 1 aliphatic heterocycles. The number of nitrogens with zero attached hydrogens (tertiary/aromatic N) is 4. The number of ether oxygens (including phenoxy) is 1. The lowest BCUT2D eigenvalue weighted by atomic mass is 10.0. The molecule has 0 radical (unpaired) electrons. The van der Waals surface area contributed by atoms with Crippen molar-refractivity contribution >= 4 is 17.5 Å². The first kappa shape index (κ1) is 20.8. The van der Waals surface area contributed by atoms with E-state index in [-0.39, 0.29) is 11.8 Å². The van der Waals surface area contributed by atoms with E-state index in [9.17, 15) is 4.79 Å². The molecule has 7 nitrogen and oxygen atoms in total. The van der Waals surface area contributed by atoms with Crippen LogP contribution in [0.1, 0.15) is 35.7 Å². The summed E-state index contributed by atoms with van der Waals surface area (Å²) in [5.74, 6) is 1.80. The van der Waals surface area contributed by atoms with Crippen LogP contribution in [-0.4, -0.2) is 46.0 Å². The molecule has 2 aromatic heterocycles. The predicted octanol–water partition coefficient (Wildman–Crippen LogP) is 3.88. The summed E-state index contributed by atoms with van der Waals surface area (Å²) < 4.78 is 5.39. The van der Waals surface area contributed by atoms with Gasteiger partial charge in [0, 0.05) is 54.9 Å². The van der Waals surface area contributed by atoms with Gasteiger partial charge in [-0.25, -0.2) is 9.97 Å². The van der Waals surface area contributed by atoms with Crippen LogP contribution in [0.15, 0.2) is 54.9 Å². The summed E-state index contributed by atoms with van der Waals surface area (Å²) in [5, 5.41) is 3.24. The molecule has 3 heterocycles. The molecule has 0 saturated carbocycles. The summed E-state index contributed by atoms with van der Waals surface area (Å²) in [6.45, 7) is 3.43.